The second-order valence-electron chi connectivity index (χ2n) is 7.19. The SMILES string of the molecule is O=C(Nc1cccc(OC[C@H](O)CO)c1)c1cncc2[nH]c(-c3ccccc3C(F)F)nc12. The van der Waals surface area contributed by atoms with E-state index in [0.717, 1.165) is 0 Å². The zero-order valence-corrected chi connectivity index (χ0v) is 17.2. The van der Waals surface area contributed by atoms with Gasteiger partial charge in [-0.3, -0.25) is 9.78 Å². The number of benzene rings is 2. The predicted molar refractivity (Wildman–Crippen MR) is 117 cm³/mol. The lowest BCUT2D eigenvalue weighted by molar-refractivity contribution is 0.0536. The van der Waals surface area contributed by atoms with Gasteiger partial charge in [-0.1, -0.05) is 30.3 Å². The van der Waals surface area contributed by atoms with Crippen LogP contribution >= 0.6 is 0 Å². The van der Waals surface area contributed by atoms with Crippen molar-refractivity contribution in [1.29, 1.82) is 0 Å². The van der Waals surface area contributed by atoms with Crippen LogP contribution in [-0.4, -0.2) is 50.4 Å². The van der Waals surface area contributed by atoms with Crippen molar-refractivity contribution >= 4 is 22.6 Å². The lowest BCUT2D eigenvalue weighted by Gasteiger charge is -2.11. The highest BCUT2D eigenvalue weighted by atomic mass is 19.3. The summed E-state index contributed by atoms with van der Waals surface area (Å²) in [5, 5.41) is 21.0. The lowest BCUT2D eigenvalue weighted by atomic mass is 10.1. The summed E-state index contributed by atoms with van der Waals surface area (Å²) in [6.07, 6.45) is -0.882. The highest BCUT2D eigenvalue weighted by molar-refractivity contribution is 6.11. The maximum atomic E-state index is 13.4. The summed E-state index contributed by atoms with van der Waals surface area (Å²) in [6, 6.07) is 12.5. The summed E-state index contributed by atoms with van der Waals surface area (Å²) < 4.78 is 32.2. The number of alkyl halides is 2. The molecule has 0 aliphatic rings. The molecule has 2 aromatic carbocycles. The van der Waals surface area contributed by atoms with E-state index in [0.29, 0.717) is 22.5 Å². The number of ether oxygens (including phenoxy) is 1. The zero-order valence-electron chi connectivity index (χ0n) is 17.2. The molecule has 0 spiro atoms. The molecule has 33 heavy (non-hydrogen) atoms. The van der Waals surface area contributed by atoms with Gasteiger partial charge in [-0.2, -0.15) is 0 Å². The fourth-order valence-electron chi connectivity index (χ4n) is 3.24. The molecule has 1 atom stereocenters. The molecule has 1 amide bonds. The number of aliphatic hydroxyl groups excluding tert-OH is 2. The number of halogens is 2. The van der Waals surface area contributed by atoms with Crippen LogP contribution in [0.15, 0.2) is 60.9 Å². The fraction of sp³-hybridized carbons (Fsp3) is 0.174. The van der Waals surface area contributed by atoms with Crippen molar-refractivity contribution in [2.24, 2.45) is 0 Å². The molecule has 0 bridgehead atoms. The van der Waals surface area contributed by atoms with Crippen molar-refractivity contribution in [3.05, 3.63) is 72.1 Å². The number of pyridine rings is 1. The Morgan fingerprint density at radius 2 is 1.97 bits per heavy atom. The number of carbonyl (C=O) groups excluding carboxylic acids is 1. The van der Waals surface area contributed by atoms with Gasteiger partial charge in [0, 0.05) is 29.1 Å². The predicted octanol–water partition coefficient (Wildman–Crippen LogP) is 3.55. The Hall–Kier alpha value is -3.89. The summed E-state index contributed by atoms with van der Waals surface area (Å²) in [4.78, 5) is 24.3. The number of imidazole rings is 1. The summed E-state index contributed by atoms with van der Waals surface area (Å²) in [6.45, 7) is -0.534. The molecule has 0 unspecified atom stereocenters. The van der Waals surface area contributed by atoms with Crippen LogP contribution in [0.1, 0.15) is 22.3 Å². The van der Waals surface area contributed by atoms with Gasteiger partial charge in [0.25, 0.3) is 12.3 Å². The Morgan fingerprint density at radius 3 is 2.76 bits per heavy atom. The molecule has 0 radical (unpaired) electrons. The number of hydrogen-bond donors (Lipinski definition) is 4. The molecule has 4 aromatic rings. The van der Waals surface area contributed by atoms with Gasteiger partial charge in [0.2, 0.25) is 0 Å². The monoisotopic (exact) mass is 454 g/mol. The minimum absolute atomic E-state index is 0.104. The number of carbonyl (C=O) groups is 1. The Balaban J connectivity index is 1.60. The van der Waals surface area contributed by atoms with Crippen LogP contribution in [0.3, 0.4) is 0 Å². The second-order valence-corrected chi connectivity index (χ2v) is 7.19. The number of nitrogens with one attached hydrogen (secondary N) is 2. The Kier molecular flexibility index (Phi) is 6.57. The Labute approximate surface area is 186 Å². The summed E-state index contributed by atoms with van der Waals surface area (Å²) in [7, 11) is 0. The number of rotatable bonds is 8. The van der Waals surface area contributed by atoms with Crippen LogP contribution in [0.2, 0.25) is 0 Å². The number of nitrogens with zero attached hydrogens (tertiary/aromatic N) is 2. The number of aromatic amines is 1. The van der Waals surface area contributed by atoms with E-state index in [1.807, 2.05) is 0 Å². The molecule has 4 rings (SSSR count). The average Bonchev–Trinajstić information content (AvgIpc) is 3.27. The first-order valence-electron chi connectivity index (χ1n) is 10.0. The maximum Gasteiger partial charge on any atom is 0.264 e. The second kappa shape index (κ2) is 9.72. The summed E-state index contributed by atoms with van der Waals surface area (Å²) in [5.41, 5.74) is 1.37. The molecule has 0 aliphatic heterocycles. The smallest absolute Gasteiger partial charge is 0.264 e. The summed E-state index contributed by atoms with van der Waals surface area (Å²) in [5.74, 6) is 0.101. The molecule has 4 N–H and O–H groups in total. The van der Waals surface area contributed by atoms with Crippen molar-refractivity contribution in [3.8, 4) is 17.1 Å². The third-order valence-corrected chi connectivity index (χ3v) is 4.83. The van der Waals surface area contributed by atoms with Gasteiger partial charge in [0.15, 0.2) is 0 Å². The van der Waals surface area contributed by atoms with E-state index < -0.39 is 25.0 Å². The fourth-order valence-corrected chi connectivity index (χ4v) is 3.24. The van der Waals surface area contributed by atoms with E-state index in [4.69, 9.17) is 9.84 Å². The number of anilines is 1. The van der Waals surface area contributed by atoms with Gasteiger partial charge < -0.3 is 25.3 Å². The Morgan fingerprint density at radius 1 is 1.15 bits per heavy atom. The van der Waals surface area contributed by atoms with Crippen LogP contribution in [0.25, 0.3) is 22.4 Å². The minimum Gasteiger partial charge on any atom is -0.491 e. The van der Waals surface area contributed by atoms with E-state index in [-0.39, 0.29) is 29.1 Å². The molecule has 2 aromatic heterocycles. The number of hydrogen-bond acceptors (Lipinski definition) is 6. The first kappa shape index (κ1) is 22.3. The first-order valence-corrected chi connectivity index (χ1v) is 10.0. The number of aliphatic hydroxyl groups is 2. The topological polar surface area (TPSA) is 120 Å². The third kappa shape index (κ3) is 4.97. The van der Waals surface area contributed by atoms with Gasteiger partial charge in [-0.15, -0.1) is 0 Å². The van der Waals surface area contributed by atoms with Gasteiger partial charge in [0.05, 0.1) is 23.9 Å². The lowest BCUT2D eigenvalue weighted by Crippen LogP contribution is -2.21. The summed E-state index contributed by atoms with van der Waals surface area (Å²) >= 11 is 0. The van der Waals surface area contributed by atoms with Gasteiger partial charge in [-0.25, -0.2) is 13.8 Å². The molecule has 8 nitrogen and oxygen atoms in total. The number of H-pyrrole nitrogens is 1. The van der Waals surface area contributed by atoms with Gasteiger partial charge in [-0.05, 0) is 12.1 Å². The molecule has 2 heterocycles. The van der Waals surface area contributed by atoms with Crippen molar-refractivity contribution in [1.82, 2.24) is 15.0 Å². The van der Waals surface area contributed by atoms with Crippen LogP contribution in [-0.2, 0) is 0 Å². The largest absolute Gasteiger partial charge is 0.491 e. The normalized spacial score (nSPS) is 12.2. The minimum atomic E-state index is -2.68. The highest BCUT2D eigenvalue weighted by Gasteiger charge is 2.19. The molecule has 0 saturated carbocycles. The molecular weight excluding hydrogens is 434 g/mol. The first-order chi connectivity index (χ1) is 16.0. The van der Waals surface area contributed by atoms with Crippen LogP contribution < -0.4 is 10.1 Å². The molecule has 0 saturated heterocycles. The Bertz CT molecular complexity index is 1280. The van der Waals surface area contributed by atoms with E-state index in [1.165, 1.54) is 30.6 Å². The molecule has 0 fully saturated rings. The standard InChI is InChI=1S/C23H20F2N4O4/c24-21(25)16-6-1-2-7-17(16)22-28-19-10-26-9-18(20(19)29-22)23(32)27-13-4-3-5-15(8-13)33-12-14(31)11-30/h1-10,14,21,30-31H,11-12H2,(H,27,32)(H,28,29)/t14-/m1/s1. The van der Waals surface area contributed by atoms with E-state index >= 15 is 0 Å². The van der Waals surface area contributed by atoms with Crippen LogP contribution in [0.4, 0.5) is 14.5 Å². The van der Waals surface area contributed by atoms with Crippen molar-refractivity contribution in [2.75, 3.05) is 18.5 Å². The number of amides is 1. The zero-order chi connectivity index (χ0) is 23.4. The van der Waals surface area contributed by atoms with Gasteiger partial charge in [0.1, 0.15) is 29.8 Å². The number of aromatic nitrogens is 3. The van der Waals surface area contributed by atoms with Crippen LogP contribution in [0.5, 0.6) is 5.75 Å². The molecule has 10 heteroatoms. The quantitative estimate of drug-likeness (QED) is 0.323. The van der Waals surface area contributed by atoms with Crippen LogP contribution in [0, 0.1) is 0 Å². The average molecular weight is 454 g/mol. The number of fused-ring (bicyclic) bond motifs is 1. The van der Waals surface area contributed by atoms with E-state index in [1.54, 1.807) is 30.3 Å². The highest BCUT2D eigenvalue weighted by Crippen LogP contribution is 2.31. The maximum absolute atomic E-state index is 13.4. The van der Waals surface area contributed by atoms with Crippen molar-refractivity contribution in [2.45, 2.75) is 12.5 Å². The third-order valence-electron chi connectivity index (χ3n) is 4.83. The van der Waals surface area contributed by atoms with Gasteiger partial charge >= 0.3 is 0 Å². The molecular formula is C23H20F2N4O4. The van der Waals surface area contributed by atoms with E-state index in [9.17, 15) is 18.7 Å². The van der Waals surface area contributed by atoms with Crippen molar-refractivity contribution < 1.29 is 28.5 Å². The van der Waals surface area contributed by atoms with Crippen molar-refractivity contribution in [3.63, 3.8) is 0 Å². The van der Waals surface area contributed by atoms with E-state index in [2.05, 4.69) is 20.3 Å². The molecule has 0 aliphatic carbocycles. The molecule has 170 valence electrons.